The van der Waals surface area contributed by atoms with Crippen LogP contribution in [0.3, 0.4) is 0 Å². The van der Waals surface area contributed by atoms with Gasteiger partial charge in [-0.05, 0) is 18.2 Å². The number of methoxy groups -OCH3 is 2. The number of carbonyl (C=O) groups is 1. The van der Waals surface area contributed by atoms with Crippen LogP contribution in [0.5, 0.6) is 17.2 Å². The van der Waals surface area contributed by atoms with Crippen LogP contribution in [-0.4, -0.2) is 35.3 Å². The molecule has 0 spiro atoms. The highest BCUT2D eigenvalue weighted by atomic mass is 16.5. The zero-order valence-electron chi connectivity index (χ0n) is 13.4. The Kier molecular flexibility index (Phi) is 4.25. The summed E-state index contributed by atoms with van der Waals surface area (Å²) in [5, 5.41) is 24.3. The number of carboxylic acid groups (broad SMARTS) is 1. The second-order valence-corrected chi connectivity index (χ2v) is 5.09. The second kappa shape index (κ2) is 6.52. The van der Waals surface area contributed by atoms with Crippen molar-refractivity contribution in [3.8, 4) is 17.2 Å². The molecule has 0 saturated heterocycles. The van der Waals surface area contributed by atoms with Gasteiger partial charge in [-0.1, -0.05) is 11.8 Å². The van der Waals surface area contributed by atoms with Crippen molar-refractivity contribution in [2.45, 2.75) is 0 Å². The van der Waals surface area contributed by atoms with E-state index in [1.54, 1.807) is 12.1 Å². The van der Waals surface area contributed by atoms with Gasteiger partial charge in [-0.3, -0.25) is 0 Å². The Balaban J connectivity index is 2.07. The van der Waals surface area contributed by atoms with Crippen LogP contribution < -0.4 is 19.9 Å². The Bertz CT molecular complexity index is 958. The van der Waals surface area contributed by atoms with Gasteiger partial charge in [0.1, 0.15) is 12.1 Å². The largest absolute Gasteiger partial charge is 0.872 e. The Morgan fingerprint density at radius 1 is 1.12 bits per heavy atom. The third-order valence-electron chi connectivity index (χ3n) is 3.61. The van der Waals surface area contributed by atoms with Gasteiger partial charge in [-0.15, -0.1) is 0 Å². The lowest BCUT2D eigenvalue weighted by molar-refractivity contribution is -0.268. The fourth-order valence-corrected chi connectivity index (χ4v) is 2.39. The molecule has 0 aliphatic carbocycles. The molecule has 1 aromatic heterocycles. The van der Waals surface area contributed by atoms with Crippen molar-refractivity contribution in [2.75, 3.05) is 19.5 Å². The van der Waals surface area contributed by atoms with Gasteiger partial charge >= 0.3 is 5.97 Å². The predicted octanol–water partition coefficient (Wildman–Crippen LogP) is 2.16. The van der Waals surface area contributed by atoms with E-state index in [2.05, 4.69) is 15.3 Å². The number of nitrogens with one attached hydrogen (secondary N) is 1. The molecule has 128 valence electrons. The molecule has 0 aliphatic heterocycles. The number of anilines is 2. The van der Waals surface area contributed by atoms with Crippen LogP contribution in [0.2, 0.25) is 0 Å². The Morgan fingerprint density at radius 2 is 1.84 bits per heavy atom. The third-order valence-corrected chi connectivity index (χ3v) is 3.61. The minimum absolute atomic E-state index is 0.317. The van der Waals surface area contributed by atoms with Crippen molar-refractivity contribution in [3.05, 3.63) is 42.2 Å². The zero-order valence-corrected chi connectivity index (χ0v) is 13.4. The zero-order chi connectivity index (χ0) is 18.0. The average molecular weight is 340 g/mol. The standard InChI is InChI=1S/C17H15N3O5/c1-24-14-6-10-12(7-15(14)25-2)18-8-19-16(10)20-9-3-4-13(21)11(5-9)17(22)23/h3-8,21H,1-2H3,(H,22,23)(H,18,19,20)/p-1. The lowest BCUT2D eigenvalue weighted by Gasteiger charge is -2.14. The summed E-state index contributed by atoms with van der Waals surface area (Å²) >= 11 is 0. The summed E-state index contributed by atoms with van der Waals surface area (Å²) in [5.41, 5.74) is 0.725. The van der Waals surface area contributed by atoms with E-state index in [1.165, 1.54) is 38.7 Å². The summed E-state index contributed by atoms with van der Waals surface area (Å²) in [7, 11) is 3.05. The highest BCUT2D eigenvalue weighted by Crippen LogP contribution is 2.34. The van der Waals surface area contributed by atoms with E-state index >= 15 is 0 Å². The molecule has 25 heavy (non-hydrogen) atoms. The predicted molar refractivity (Wildman–Crippen MR) is 88.8 cm³/mol. The number of nitrogens with zero attached hydrogens (tertiary/aromatic N) is 2. The number of fused-ring (bicyclic) bond motifs is 1. The van der Waals surface area contributed by atoms with Gasteiger partial charge < -0.3 is 25.0 Å². The molecule has 0 fully saturated rings. The van der Waals surface area contributed by atoms with E-state index in [0.29, 0.717) is 33.9 Å². The number of carboxylic acids is 1. The normalized spacial score (nSPS) is 10.5. The minimum atomic E-state index is -1.28. The SMILES string of the molecule is COc1cc2ncnc(Nc3ccc([O-])c(C(=O)O)c3)c2cc1OC. The minimum Gasteiger partial charge on any atom is -0.872 e. The van der Waals surface area contributed by atoms with Gasteiger partial charge in [0.2, 0.25) is 0 Å². The molecule has 1 heterocycles. The Morgan fingerprint density at radius 3 is 2.52 bits per heavy atom. The number of ether oxygens (including phenoxy) is 2. The molecule has 0 unspecified atom stereocenters. The molecule has 0 saturated carbocycles. The summed E-state index contributed by atoms with van der Waals surface area (Å²) < 4.78 is 10.5. The lowest BCUT2D eigenvalue weighted by Crippen LogP contribution is -2.05. The highest BCUT2D eigenvalue weighted by molar-refractivity contribution is 5.95. The molecule has 0 bridgehead atoms. The van der Waals surface area contributed by atoms with E-state index < -0.39 is 11.7 Å². The van der Waals surface area contributed by atoms with Gasteiger partial charge in [-0.2, -0.15) is 0 Å². The number of aromatic carboxylic acids is 1. The van der Waals surface area contributed by atoms with Gasteiger partial charge in [0.05, 0.1) is 25.3 Å². The van der Waals surface area contributed by atoms with Gasteiger partial charge in [-0.25, -0.2) is 14.8 Å². The molecule has 0 aliphatic rings. The van der Waals surface area contributed by atoms with Crippen LogP contribution >= 0.6 is 0 Å². The van der Waals surface area contributed by atoms with Crippen molar-refractivity contribution < 1.29 is 24.5 Å². The van der Waals surface area contributed by atoms with Crippen LogP contribution in [0.4, 0.5) is 11.5 Å². The number of benzene rings is 2. The maximum Gasteiger partial charge on any atom is 0.335 e. The first kappa shape index (κ1) is 16.3. The van der Waals surface area contributed by atoms with E-state index in [9.17, 15) is 9.90 Å². The van der Waals surface area contributed by atoms with Crippen LogP contribution in [0.25, 0.3) is 10.9 Å². The highest BCUT2D eigenvalue weighted by Gasteiger charge is 2.12. The molecule has 2 aromatic carbocycles. The molecule has 0 atom stereocenters. The number of hydrogen-bond donors (Lipinski definition) is 2. The molecule has 2 N–H and O–H groups in total. The van der Waals surface area contributed by atoms with Crippen molar-refractivity contribution >= 4 is 28.4 Å². The van der Waals surface area contributed by atoms with Crippen molar-refractivity contribution in [3.63, 3.8) is 0 Å². The first-order valence-corrected chi connectivity index (χ1v) is 7.21. The summed E-state index contributed by atoms with van der Waals surface area (Å²) in [5.74, 6) is -0.358. The molecular weight excluding hydrogens is 326 g/mol. The summed E-state index contributed by atoms with van der Waals surface area (Å²) in [6, 6.07) is 7.38. The molecule has 8 nitrogen and oxygen atoms in total. The third kappa shape index (κ3) is 3.09. The number of aromatic nitrogens is 2. The number of hydrogen-bond acceptors (Lipinski definition) is 7. The maximum atomic E-state index is 11.6. The average Bonchev–Trinajstić information content (AvgIpc) is 2.62. The van der Waals surface area contributed by atoms with Crippen LogP contribution in [0.15, 0.2) is 36.7 Å². The van der Waals surface area contributed by atoms with Crippen molar-refractivity contribution in [1.82, 2.24) is 9.97 Å². The maximum absolute atomic E-state index is 11.6. The summed E-state index contributed by atoms with van der Waals surface area (Å²) in [6.07, 6.45) is 1.37. The second-order valence-electron chi connectivity index (χ2n) is 5.09. The molecule has 3 aromatic rings. The van der Waals surface area contributed by atoms with E-state index in [0.717, 1.165) is 0 Å². The summed E-state index contributed by atoms with van der Waals surface area (Å²) in [4.78, 5) is 19.5. The molecule has 8 heteroatoms. The molecule has 0 amide bonds. The Labute approximate surface area is 142 Å². The topological polar surface area (TPSA) is 117 Å². The van der Waals surface area contributed by atoms with Gasteiger partial charge in [0.25, 0.3) is 0 Å². The van der Waals surface area contributed by atoms with Crippen LogP contribution in [0.1, 0.15) is 10.4 Å². The fourth-order valence-electron chi connectivity index (χ4n) is 2.39. The number of rotatable bonds is 5. The van der Waals surface area contributed by atoms with E-state index in [4.69, 9.17) is 14.6 Å². The first-order valence-electron chi connectivity index (χ1n) is 7.21. The lowest BCUT2D eigenvalue weighted by atomic mass is 10.1. The smallest absolute Gasteiger partial charge is 0.335 e. The van der Waals surface area contributed by atoms with Crippen LogP contribution in [0, 0.1) is 0 Å². The van der Waals surface area contributed by atoms with E-state index in [1.807, 2.05) is 0 Å². The Hall–Kier alpha value is -3.55. The quantitative estimate of drug-likeness (QED) is 0.726. The van der Waals surface area contributed by atoms with Crippen molar-refractivity contribution in [2.24, 2.45) is 0 Å². The van der Waals surface area contributed by atoms with Gasteiger partial charge in [0.15, 0.2) is 11.5 Å². The first-order chi connectivity index (χ1) is 12.0. The molecule has 3 rings (SSSR count). The van der Waals surface area contributed by atoms with Gasteiger partial charge in [0, 0.05) is 17.1 Å². The van der Waals surface area contributed by atoms with Crippen LogP contribution in [-0.2, 0) is 0 Å². The monoisotopic (exact) mass is 340 g/mol. The molecule has 0 radical (unpaired) electrons. The summed E-state index contributed by atoms with van der Waals surface area (Å²) in [6.45, 7) is 0. The fraction of sp³-hybridized carbons (Fsp3) is 0.118. The van der Waals surface area contributed by atoms with E-state index in [-0.39, 0.29) is 5.56 Å². The van der Waals surface area contributed by atoms with Crippen molar-refractivity contribution in [1.29, 1.82) is 0 Å². The molecular formula is C17H14N3O5-.